The van der Waals surface area contributed by atoms with Crippen molar-refractivity contribution in [2.24, 2.45) is 0 Å². The molecule has 10 heteroatoms. The molecular weight excluding hydrogens is 537 g/mol. The zero-order chi connectivity index (χ0) is 27.6. The first-order chi connectivity index (χ1) is 19.0. The van der Waals surface area contributed by atoms with Crippen LogP contribution in [0.4, 0.5) is 11.6 Å². The van der Waals surface area contributed by atoms with Crippen molar-refractivity contribution in [1.82, 2.24) is 20.3 Å². The van der Waals surface area contributed by atoms with E-state index < -0.39 is 17.9 Å². The molecule has 0 spiro atoms. The Kier molecular flexibility index (Phi) is 9.61. The average molecular weight is 562 g/mol. The molecule has 0 aliphatic heterocycles. The second-order valence-corrected chi connectivity index (χ2v) is 9.15. The number of nitrogens with zero attached hydrogens (tertiary/aromatic N) is 4. The third kappa shape index (κ3) is 7.40. The molecule has 2 aromatic carbocycles. The van der Waals surface area contributed by atoms with Crippen molar-refractivity contribution >= 4 is 52.8 Å². The number of hydrogen-bond acceptors (Lipinski definition) is 7. The number of ether oxygens (including phenoxy) is 1. The molecule has 4 aromatic rings. The standard InChI is InChI=1S/C29H25Cl2N5O3/c1-39-28(38)25(35-27(37)26-23(30)9-5-10-24(26)31)11-4-7-20-12-14-22(15-13-20)36(29-33-17-6-18-34-29)19-21-8-2-3-16-32-21/h2-10,12-18,25H,11,19H2,1H3,(H,35,37)/b7-4+. The Hall–Kier alpha value is -4.27. The lowest BCUT2D eigenvalue weighted by molar-refractivity contribution is -0.142. The number of carbonyl (C=O) groups excluding carboxylic acids is 2. The van der Waals surface area contributed by atoms with Crippen molar-refractivity contribution < 1.29 is 14.3 Å². The normalized spacial score (nSPS) is 11.7. The number of carbonyl (C=O) groups is 2. The van der Waals surface area contributed by atoms with E-state index in [0.717, 1.165) is 16.9 Å². The first-order valence-corrected chi connectivity index (χ1v) is 12.8. The predicted molar refractivity (Wildman–Crippen MR) is 152 cm³/mol. The molecule has 1 amide bonds. The highest BCUT2D eigenvalue weighted by Crippen LogP contribution is 2.26. The van der Waals surface area contributed by atoms with Gasteiger partial charge in [-0.2, -0.15) is 0 Å². The van der Waals surface area contributed by atoms with Gasteiger partial charge in [0.05, 0.1) is 35.0 Å². The van der Waals surface area contributed by atoms with Crippen LogP contribution in [0, 0.1) is 0 Å². The van der Waals surface area contributed by atoms with Gasteiger partial charge in [0, 0.05) is 24.3 Å². The van der Waals surface area contributed by atoms with E-state index in [1.54, 1.807) is 48.9 Å². The largest absolute Gasteiger partial charge is 0.467 e. The van der Waals surface area contributed by atoms with Gasteiger partial charge in [-0.3, -0.25) is 9.78 Å². The molecule has 0 fully saturated rings. The van der Waals surface area contributed by atoms with Crippen LogP contribution in [0.2, 0.25) is 10.0 Å². The molecule has 8 nitrogen and oxygen atoms in total. The second kappa shape index (κ2) is 13.5. The summed E-state index contributed by atoms with van der Waals surface area (Å²) in [5.74, 6) is -0.587. The number of anilines is 2. The number of aromatic nitrogens is 3. The summed E-state index contributed by atoms with van der Waals surface area (Å²) in [6.07, 6.45) is 8.99. The molecule has 1 unspecified atom stereocenters. The monoisotopic (exact) mass is 561 g/mol. The number of esters is 1. The van der Waals surface area contributed by atoms with Crippen LogP contribution < -0.4 is 10.2 Å². The van der Waals surface area contributed by atoms with Crippen LogP contribution in [-0.2, 0) is 16.1 Å². The van der Waals surface area contributed by atoms with Crippen molar-refractivity contribution in [2.75, 3.05) is 12.0 Å². The minimum Gasteiger partial charge on any atom is -0.467 e. The van der Waals surface area contributed by atoms with E-state index in [-0.39, 0.29) is 22.0 Å². The topological polar surface area (TPSA) is 97.3 Å². The highest BCUT2D eigenvalue weighted by atomic mass is 35.5. The van der Waals surface area contributed by atoms with Crippen LogP contribution in [0.1, 0.15) is 28.0 Å². The summed E-state index contributed by atoms with van der Waals surface area (Å²) in [7, 11) is 1.26. The van der Waals surface area contributed by atoms with Gasteiger partial charge in [0.25, 0.3) is 5.91 Å². The summed E-state index contributed by atoms with van der Waals surface area (Å²) < 4.78 is 4.87. The molecule has 0 saturated carbocycles. The van der Waals surface area contributed by atoms with E-state index in [0.29, 0.717) is 12.5 Å². The van der Waals surface area contributed by atoms with E-state index >= 15 is 0 Å². The van der Waals surface area contributed by atoms with Gasteiger partial charge in [0.15, 0.2) is 0 Å². The summed E-state index contributed by atoms with van der Waals surface area (Å²) in [5, 5.41) is 3.04. The van der Waals surface area contributed by atoms with Gasteiger partial charge in [-0.05, 0) is 54.4 Å². The van der Waals surface area contributed by atoms with Gasteiger partial charge < -0.3 is 15.0 Å². The molecule has 1 atom stereocenters. The minimum absolute atomic E-state index is 0.104. The lowest BCUT2D eigenvalue weighted by Crippen LogP contribution is -2.41. The quantitative estimate of drug-likeness (QED) is 0.241. The first kappa shape index (κ1) is 27.8. The molecule has 39 heavy (non-hydrogen) atoms. The first-order valence-electron chi connectivity index (χ1n) is 12.0. The number of halogens is 2. The number of amides is 1. The molecule has 0 aliphatic carbocycles. The SMILES string of the molecule is COC(=O)C(C/C=C/c1ccc(N(Cc2ccccn2)c2ncccn2)cc1)NC(=O)c1c(Cl)cccc1Cl. The molecule has 2 heterocycles. The molecule has 0 saturated heterocycles. The number of hydrogen-bond donors (Lipinski definition) is 1. The van der Waals surface area contributed by atoms with Crippen LogP contribution in [0.3, 0.4) is 0 Å². The van der Waals surface area contributed by atoms with Gasteiger partial charge in [-0.25, -0.2) is 14.8 Å². The van der Waals surface area contributed by atoms with Crippen molar-refractivity contribution in [3.05, 3.63) is 118 Å². The van der Waals surface area contributed by atoms with Gasteiger partial charge in [0.2, 0.25) is 5.95 Å². The lowest BCUT2D eigenvalue weighted by atomic mass is 10.1. The molecular formula is C29H25Cl2N5O3. The third-order valence-electron chi connectivity index (χ3n) is 5.71. The van der Waals surface area contributed by atoms with Crippen molar-refractivity contribution in [1.29, 1.82) is 0 Å². The molecule has 0 aliphatic rings. The van der Waals surface area contributed by atoms with Crippen molar-refractivity contribution in [3.8, 4) is 0 Å². The Morgan fingerprint density at radius 3 is 2.26 bits per heavy atom. The molecule has 4 rings (SSSR count). The van der Waals surface area contributed by atoms with Gasteiger partial charge in [-0.15, -0.1) is 0 Å². The Bertz CT molecular complexity index is 1410. The Morgan fingerprint density at radius 1 is 0.923 bits per heavy atom. The number of nitrogens with one attached hydrogen (secondary N) is 1. The molecule has 0 radical (unpaired) electrons. The van der Waals surface area contributed by atoms with Gasteiger partial charge in [0.1, 0.15) is 6.04 Å². The Morgan fingerprint density at radius 2 is 1.62 bits per heavy atom. The average Bonchev–Trinajstić information content (AvgIpc) is 2.96. The van der Waals surface area contributed by atoms with E-state index in [1.807, 2.05) is 53.4 Å². The molecule has 0 bridgehead atoms. The number of benzene rings is 2. The number of methoxy groups -OCH3 is 1. The molecule has 2 aromatic heterocycles. The van der Waals surface area contributed by atoms with Crippen molar-refractivity contribution in [2.45, 2.75) is 19.0 Å². The zero-order valence-electron chi connectivity index (χ0n) is 21.0. The van der Waals surface area contributed by atoms with Gasteiger partial charge in [-0.1, -0.05) is 59.6 Å². The summed E-state index contributed by atoms with van der Waals surface area (Å²) in [4.78, 5) is 40.3. The van der Waals surface area contributed by atoms with E-state index in [1.165, 1.54) is 7.11 Å². The van der Waals surface area contributed by atoms with E-state index in [4.69, 9.17) is 27.9 Å². The summed E-state index contributed by atoms with van der Waals surface area (Å²) >= 11 is 12.3. The minimum atomic E-state index is -0.922. The van der Waals surface area contributed by atoms with E-state index in [9.17, 15) is 9.59 Å². The summed E-state index contributed by atoms with van der Waals surface area (Å²) in [5.41, 5.74) is 2.77. The number of pyridine rings is 1. The molecule has 1 N–H and O–H groups in total. The maximum absolute atomic E-state index is 12.8. The zero-order valence-corrected chi connectivity index (χ0v) is 22.5. The fraction of sp³-hybridized carbons (Fsp3) is 0.138. The Labute approximate surface area is 236 Å². The van der Waals surface area contributed by atoms with Crippen LogP contribution in [0.5, 0.6) is 0 Å². The Balaban J connectivity index is 1.47. The van der Waals surface area contributed by atoms with Crippen LogP contribution in [0.25, 0.3) is 6.08 Å². The van der Waals surface area contributed by atoms with Crippen LogP contribution >= 0.6 is 23.2 Å². The van der Waals surface area contributed by atoms with E-state index in [2.05, 4.69) is 20.3 Å². The second-order valence-electron chi connectivity index (χ2n) is 8.33. The summed E-state index contributed by atoms with van der Waals surface area (Å²) in [6, 6.07) is 19.1. The summed E-state index contributed by atoms with van der Waals surface area (Å²) in [6.45, 7) is 0.496. The molecule has 198 valence electrons. The van der Waals surface area contributed by atoms with Crippen LogP contribution in [0.15, 0.2) is 91.4 Å². The van der Waals surface area contributed by atoms with Crippen LogP contribution in [-0.4, -0.2) is 40.0 Å². The lowest BCUT2D eigenvalue weighted by Gasteiger charge is -2.22. The van der Waals surface area contributed by atoms with Crippen molar-refractivity contribution in [3.63, 3.8) is 0 Å². The smallest absolute Gasteiger partial charge is 0.328 e. The predicted octanol–water partition coefficient (Wildman–Crippen LogP) is 5.89. The highest BCUT2D eigenvalue weighted by Gasteiger charge is 2.23. The fourth-order valence-corrected chi connectivity index (χ4v) is 4.34. The van der Waals surface area contributed by atoms with Gasteiger partial charge >= 0.3 is 5.97 Å². The number of rotatable bonds is 10. The fourth-order valence-electron chi connectivity index (χ4n) is 3.77. The third-order valence-corrected chi connectivity index (χ3v) is 6.34. The maximum Gasteiger partial charge on any atom is 0.328 e. The maximum atomic E-state index is 12.8. The highest BCUT2D eigenvalue weighted by molar-refractivity contribution is 6.39.